The average Bonchev–Trinajstić information content (AvgIpc) is 2.74. The molecule has 1 aromatic heterocycles. The Bertz CT molecular complexity index is 517. The van der Waals surface area contributed by atoms with Gasteiger partial charge in [-0.1, -0.05) is 26.2 Å². The molecule has 1 aliphatic rings. The van der Waals surface area contributed by atoms with Crippen molar-refractivity contribution in [1.29, 1.82) is 0 Å². The molecular formula is C17H31N5. The second-order valence-corrected chi connectivity index (χ2v) is 6.60. The molecule has 0 aromatic carbocycles. The van der Waals surface area contributed by atoms with E-state index in [9.17, 15) is 0 Å². The maximum absolute atomic E-state index is 4.46. The Balaban J connectivity index is 1.85. The number of guanidine groups is 1. The van der Waals surface area contributed by atoms with Gasteiger partial charge in [-0.25, -0.2) is 0 Å². The Kier molecular flexibility index (Phi) is 5.86. The lowest BCUT2D eigenvalue weighted by atomic mass is 9.80. The summed E-state index contributed by atoms with van der Waals surface area (Å²) in [7, 11) is 3.83. The first kappa shape index (κ1) is 16.8. The van der Waals surface area contributed by atoms with Crippen LogP contribution in [0.5, 0.6) is 0 Å². The van der Waals surface area contributed by atoms with E-state index in [2.05, 4.69) is 41.5 Å². The molecule has 0 radical (unpaired) electrons. The molecular weight excluding hydrogens is 274 g/mol. The van der Waals surface area contributed by atoms with Gasteiger partial charge in [-0.05, 0) is 32.1 Å². The van der Waals surface area contributed by atoms with Crippen molar-refractivity contribution in [1.82, 2.24) is 20.4 Å². The van der Waals surface area contributed by atoms with Crippen LogP contribution in [0.15, 0.2) is 4.99 Å². The number of nitrogens with one attached hydrogen (secondary N) is 2. The van der Waals surface area contributed by atoms with Crippen molar-refractivity contribution < 1.29 is 0 Å². The monoisotopic (exact) mass is 305 g/mol. The first-order valence-electron chi connectivity index (χ1n) is 8.46. The molecule has 2 unspecified atom stereocenters. The van der Waals surface area contributed by atoms with Gasteiger partial charge in [0.2, 0.25) is 0 Å². The van der Waals surface area contributed by atoms with Gasteiger partial charge in [0, 0.05) is 38.4 Å². The molecule has 0 spiro atoms. The molecule has 2 N–H and O–H groups in total. The van der Waals surface area contributed by atoms with Gasteiger partial charge in [-0.2, -0.15) is 5.10 Å². The van der Waals surface area contributed by atoms with Crippen LogP contribution in [-0.4, -0.2) is 29.3 Å². The van der Waals surface area contributed by atoms with Crippen molar-refractivity contribution in [3.05, 3.63) is 17.0 Å². The van der Waals surface area contributed by atoms with Crippen LogP contribution in [-0.2, 0) is 13.6 Å². The van der Waals surface area contributed by atoms with E-state index in [-0.39, 0.29) is 0 Å². The Morgan fingerprint density at radius 2 is 2.00 bits per heavy atom. The van der Waals surface area contributed by atoms with E-state index in [4.69, 9.17) is 0 Å². The molecule has 1 fully saturated rings. The summed E-state index contributed by atoms with van der Waals surface area (Å²) in [6.07, 6.45) is 5.47. The lowest BCUT2D eigenvalue weighted by Crippen LogP contribution is -2.41. The van der Waals surface area contributed by atoms with Gasteiger partial charge < -0.3 is 10.6 Å². The Morgan fingerprint density at radius 3 is 2.59 bits per heavy atom. The topological polar surface area (TPSA) is 54.2 Å². The molecule has 1 aliphatic carbocycles. The quantitative estimate of drug-likeness (QED) is 0.664. The maximum atomic E-state index is 4.46. The predicted octanol–water partition coefficient (Wildman–Crippen LogP) is 2.53. The zero-order valence-corrected chi connectivity index (χ0v) is 14.7. The van der Waals surface area contributed by atoms with E-state index in [0.717, 1.165) is 36.6 Å². The summed E-state index contributed by atoms with van der Waals surface area (Å²) in [5.74, 6) is 2.48. The van der Waals surface area contributed by atoms with Crippen LogP contribution in [0.2, 0.25) is 0 Å². The summed E-state index contributed by atoms with van der Waals surface area (Å²) in [6, 6.07) is 0. The standard InChI is InChI=1S/C17H31N5/c1-12-8-6-7-9-15(12)10-19-17(18-4)20-11-16-13(2)21-22(5)14(16)3/h12,15H,6-11H2,1-5H3,(H2,18,19,20). The number of rotatable bonds is 4. The first-order chi connectivity index (χ1) is 10.5. The van der Waals surface area contributed by atoms with Crippen molar-refractivity contribution in [3.8, 4) is 0 Å². The highest BCUT2D eigenvalue weighted by molar-refractivity contribution is 5.79. The maximum Gasteiger partial charge on any atom is 0.191 e. The van der Waals surface area contributed by atoms with E-state index in [0.29, 0.717) is 0 Å². The highest BCUT2D eigenvalue weighted by Gasteiger charge is 2.21. The minimum atomic E-state index is 0.769. The SMILES string of the molecule is CN=C(NCc1c(C)nn(C)c1C)NCC1CCCCC1C. The van der Waals surface area contributed by atoms with Crippen molar-refractivity contribution in [2.75, 3.05) is 13.6 Å². The number of hydrogen-bond acceptors (Lipinski definition) is 2. The van der Waals surface area contributed by atoms with Crippen LogP contribution in [0.3, 0.4) is 0 Å². The Hall–Kier alpha value is -1.52. The predicted molar refractivity (Wildman–Crippen MR) is 92.0 cm³/mol. The van der Waals surface area contributed by atoms with Crippen LogP contribution in [0.25, 0.3) is 0 Å². The molecule has 1 saturated carbocycles. The molecule has 0 aliphatic heterocycles. The Labute approximate surface area is 134 Å². The second kappa shape index (κ2) is 7.65. The second-order valence-electron chi connectivity index (χ2n) is 6.60. The highest BCUT2D eigenvalue weighted by atomic mass is 15.3. The molecule has 2 rings (SSSR count). The lowest BCUT2D eigenvalue weighted by molar-refractivity contribution is 0.256. The van der Waals surface area contributed by atoms with Gasteiger partial charge in [-0.15, -0.1) is 0 Å². The fraction of sp³-hybridized carbons (Fsp3) is 0.765. The van der Waals surface area contributed by atoms with Gasteiger partial charge in [0.05, 0.1) is 5.69 Å². The van der Waals surface area contributed by atoms with Gasteiger partial charge in [0.15, 0.2) is 5.96 Å². The van der Waals surface area contributed by atoms with Crippen molar-refractivity contribution in [3.63, 3.8) is 0 Å². The minimum absolute atomic E-state index is 0.769. The molecule has 22 heavy (non-hydrogen) atoms. The van der Waals surface area contributed by atoms with Crippen LogP contribution >= 0.6 is 0 Å². The largest absolute Gasteiger partial charge is 0.356 e. The highest BCUT2D eigenvalue weighted by Crippen LogP contribution is 2.28. The zero-order chi connectivity index (χ0) is 16.1. The minimum Gasteiger partial charge on any atom is -0.356 e. The number of hydrogen-bond donors (Lipinski definition) is 2. The molecule has 124 valence electrons. The van der Waals surface area contributed by atoms with Crippen molar-refractivity contribution >= 4 is 5.96 Å². The molecule has 0 bridgehead atoms. The van der Waals surface area contributed by atoms with Gasteiger partial charge in [-0.3, -0.25) is 9.67 Å². The number of aliphatic imine (C=N–C) groups is 1. The van der Waals surface area contributed by atoms with E-state index >= 15 is 0 Å². The molecule has 1 aromatic rings. The van der Waals surface area contributed by atoms with E-state index in [1.54, 1.807) is 0 Å². The number of aryl methyl sites for hydroxylation is 2. The van der Waals surface area contributed by atoms with Crippen molar-refractivity contribution in [2.45, 2.75) is 53.0 Å². The van der Waals surface area contributed by atoms with Crippen molar-refractivity contribution in [2.24, 2.45) is 23.9 Å². The third-order valence-electron chi connectivity index (χ3n) is 5.14. The summed E-state index contributed by atoms with van der Waals surface area (Å²) in [5, 5.41) is 11.4. The van der Waals surface area contributed by atoms with Gasteiger partial charge >= 0.3 is 0 Å². The van der Waals surface area contributed by atoms with E-state index < -0.39 is 0 Å². The molecule has 5 nitrogen and oxygen atoms in total. The van der Waals surface area contributed by atoms with E-state index in [1.165, 1.54) is 36.9 Å². The smallest absolute Gasteiger partial charge is 0.191 e. The molecule has 0 amide bonds. The third kappa shape index (κ3) is 4.02. The molecule has 1 heterocycles. The van der Waals surface area contributed by atoms with Crippen LogP contribution < -0.4 is 10.6 Å². The fourth-order valence-corrected chi connectivity index (χ4v) is 3.39. The molecule has 0 saturated heterocycles. The third-order valence-corrected chi connectivity index (χ3v) is 5.14. The van der Waals surface area contributed by atoms with Crippen LogP contribution in [0.1, 0.15) is 49.6 Å². The summed E-state index contributed by atoms with van der Waals surface area (Å²) in [5.41, 5.74) is 3.56. The molecule has 5 heteroatoms. The lowest BCUT2D eigenvalue weighted by Gasteiger charge is -2.29. The summed E-state index contributed by atoms with van der Waals surface area (Å²) in [6.45, 7) is 8.34. The van der Waals surface area contributed by atoms with E-state index in [1.807, 2.05) is 18.8 Å². The summed E-state index contributed by atoms with van der Waals surface area (Å²) in [4.78, 5) is 4.35. The number of nitrogens with zero attached hydrogens (tertiary/aromatic N) is 3. The zero-order valence-electron chi connectivity index (χ0n) is 14.7. The van der Waals surface area contributed by atoms with Gasteiger partial charge in [0.25, 0.3) is 0 Å². The van der Waals surface area contributed by atoms with Gasteiger partial charge in [0.1, 0.15) is 0 Å². The fourth-order valence-electron chi connectivity index (χ4n) is 3.39. The Morgan fingerprint density at radius 1 is 1.27 bits per heavy atom. The average molecular weight is 305 g/mol. The first-order valence-corrected chi connectivity index (χ1v) is 8.46. The normalized spacial score (nSPS) is 22.7. The van der Waals surface area contributed by atoms with Crippen LogP contribution in [0, 0.1) is 25.7 Å². The van der Waals surface area contributed by atoms with Crippen LogP contribution in [0.4, 0.5) is 0 Å². The molecule has 2 atom stereocenters. The number of aromatic nitrogens is 2. The summed E-state index contributed by atoms with van der Waals surface area (Å²) < 4.78 is 1.94. The summed E-state index contributed by atoms with van der Waals surface area (Å²) >= 11 is 0.